The number of nitrogens with zero attached hydrogens (tertiary/aromatic N) is 4. The molecule has 3 aromatic carbocycles. The monoisotopic (exact) mass is 393 g/mol. The summed E-state index contributed by atoms with van der Waals surface area (Å²) in [4.78, 5) is 8.85. The Balaban J connectivity index is 1.40. The Bertz CT molecular complexity index is 1300. The number of hydrogen-bond donors (Lipinski definition) is 1. The van der Waals surface area contributed by atoms with Gasteiger partial charge in [-0.25, -0.2) is 14.6 Å². The molecule has 0 amide bonds. The van der Waals surface area contributed by atoms with Gasteiger partial charge < -0.3 is 10.1 Å². The molecule has 0 atom stereocenters. The van der Waals surface area contributed by atoms with E-state index in [0.29, 0.717) is 5.82 Å². The van der Waals surface area contributed by atoms with Gasteiger partial charge in [0.15, 0.2) is 5.65 Å². The van der Waals surface area contributed by atoms with Crippen molar-refractivity contribution in [3.8, 4) is 17.2 Å². The van der Waals surface area contributed by atoms with E-state index < -0.39 is 0 Å². The van der Waals surface area contributed by atoms with Gasteiger partial charge in [-0.2, -0.15) is 5.10 Å². The third-order valence-electron chi connectivity index (χ3n) is 4.71. The number of para-hydroxylation sites is 1. The van der Waals surface area contributed by atoms with Gasteiger partial charge in [0, 0.05) is 5.69 Å². The van der Waals surface area contributed by atoms with Gasteiger partial charge in [0.2, 0.25) is 0 Å². The molecule has 146 valence electrons. The maximum Gasteiger partial charge on any atom is 0.168 e. The first-order valence-electron chi connectivity index (χ1n) is 9.62. The normalized spacial score (nSPS) is 10.8. The lowest BCUT2D eigenvalue weighted by Crippen LogP contribution is -1.99. The third kappa shape index (κ3) is 3.58. The summed E-state index contributed by atoms with van der Waals surface area (Å²) < 4.78 is 7.67. The highest BCUT2D eigenvalue weighted by molar-refractivity contribution is 5.89. The van der Waals surface area contributed by atoms with E-state index in [1.165, 1.54) is 5.56 Å². The Labute approximate surface area is 173 Å². The maximum atomic E-state index is 5.85. The minimum Gasteiger partial charge on any atom is -0.457 e. The first kappa shape index (κ1) is 17.9. The fraction of sp³-hybridized carbons (Fsp3) is 0.0417. The van der Waals surface area contributed by atoms with Gasteiger partial charge in [0.25, 0.3) is 0 Å². The number of anilines is 2. The summed E-state index contributed by atoms with van der Waals surface area (Å²) in [5, 5.41) is 8.73. The molecule has 0 aliphatic heterocycles. The quantitative estimate of drug-likeness (QED) is 0.417. The number of nitrogens with one attached hydrogen (secondary N) is 1. The van der Waals surface area contributed by atoms with Crippen LogP contribution in [0.3, 0.4) is 0 Å². The van der Waals surface area contributed by atoms with Crippen LogP contribution >= 0.6 is 0 Å². The van der Waals surface area contributed by atoms with Crippen LogP contribution in [0.2, 0.25) is 0 Å². The summed E-state index contributed by atoms with van der Waals surface area (Å²) >= 11 is 0. The molecule has 0 radical (unpaired) electrons. The Kier molecular flexibility index (Phi) is 4.57. The van der Waals surface area contributed by atoms with E-state index in [2.05, 4.69) is 39.4 Å². The fourth-order valence-electron chi connectivity index (χ4n) is 3.26. The topological polar surface area (TPSA) is 64.9 Å². The van der Waals surface area contributed by atoms with Gasteiger partial charge in [-0.05, 0) is 61.0 Å². The Morgan fingerprint density at radius 1 is 0.833 bits per heavy atom. The van der Waals surface area contributed by atoms with Gasteiger partial charge in [0.1, 0.15) is 23.6 Å². The predicted octanol–water partition coefficient (Wildman–Crippen LogP) is 5.66. The second-order valence-corrected chi connectivity index (χ2v) is 6.92. The summed E-state index contributed by atoms with van der Waals surface area (Å²) in [6.07, 6.45) is 3.33. The van der Waals surface area contributed by atoms with E-state index >= 15 is 0 Å². The molecule has 5 aromatic rings. The summed E-state index contributed by atoms with van der Waals surface area (Å²) in [5.41, 5.74) is 3.79. The van der Waals surface area contributed by atoms with E-state index in [4.69, 9.17) is 4.74 Å². The minimum atomic E-state index is 0.704. The van der Waals surface area contributed by atoms with E-state index in [1.807, 2.05) is 71.4 Å². The molecule has 30 heavy (non-hydrogen) atoms. The van der Waals surface area contributed by atoms with E-state index in [-0.39, 0.29) is 0 Å². The van der Waals surface area contributed by atoms with Crippen LogP contribution in [0.25, 0.3) is 16.7 Å². The molecule has 0 aliphatic carbocycles. The van der Waals surface area contributed by atoms with Crippen LogP contribution < -0.4 is 10.1 Å². The smallest absolute Gasteiger partial charge is 0.168 e. The predicted molar refractivity (Wildman–Crippen MR) is 118 cm³/mol. The number of aromatic nitrogens is 4. The minimum absolute atomic E-state index is 0.704. The van der Waals surface area contributed by atoms with E-state index in [9.17, 15) is 0 Å². The third-order valence-corrected chi connectivity index (χ3v) is 4.71. The maximum absolute atomic E-state index is 5.85. The zero-order valence-corrected chi connectivity index (χ0v) is 16.4. The molecule has 0 saturated carbocycles. The van der Waals surface area contributed by atoms with Crippen LogP contribution in [0.15, 0.2) is 91.4 Å². The molecule has 2 heterocycles. The second kappa shape index (κ2) is 7.67. The molecule has 0 spiro atoms. The van der Waals surface area contributed by atoms with E-state index in [1.54, 1.807) is 12.5 Å². The molecule has 6 heteroatoms. The van der Waals surface area contributed by atoms with Crippen molar-refractivity contribution in [2.45, 2.75) is 6.92 Å². The summed E-state index contributed by atoms with van der Waals surface area (Å²) in [6.45, 7) is 2.06. The zero-order chi connectivity index (χ0) is 20.3. The molecule has 0 aliphatic rings. The van der Waals surface area contributed by atoms with Crippen LogP contribution in [0.1, 0.15) is 5.56 Å². The molecule has 2 aromatic heterocycles. The number of fused-ring (bicyclic) bond motifs is 1. The van der Waals surface area contributed by atoms with Gasteiger partial charge in [0.05, 0.1) is 17.3 Å². The summed E-state index contributed by atoms with van der Waals surface area (Å²) in [6, 6.07) is 25.6. The van der Waals surface area contributed by atoms with Crippen LogP contribution in [0, 0.1) is 6.92 Å². The highest BCUT2D eigenvalue weighted by Crippen LogP contribution is 2.27. The SMILES string of the molecule is Cc1cccc(-n2ncc3c(Nc4ccc(Oc5ccccc5)cc4)ncnc32)c1. The van der Waals surface area contributed by atoms with Crippen LogP contribution in [-0.2, 0) is 0 Å². The zero-order valence-electron chi connectivity index (χ0n) is 16.4. The van der Waals surface area contributed by atoms with Crippen molar-refractivity contribution in [1.82, 2.24) is 19.7 Å². The first-order valence-corrected chi connectivity index (χ1v) is 9.62. The van der Waals surface area contributed by atoms with Gasteiger partial charge >= 0.3 is 0 Å². The molecule has 0 unspecified atom stereocenters. The van der Waals surface area contributed by atoms with Crippen molar-refractivity contribution < 1.29 is 4.74 Å². The van der Waals surface area contributed by atoms with Crippen LogP contribution in [0.4, 0.5) is 11.5 Å². The summed E-state index contributed by atoms with van der Waals surface area (Å²) in [7, 11) is 0. The van der Waals surface area contributed by atoms with Crippen molar-refractivity contribution >= 4 is 22.5 Å². The standard InChI is InChI=1S/C24H19N5O/c1-17-6-5-7-19(14-17)29-24-22(15-27-29)23(25-16-26-24)28-18-10-12-21(13-11-18)30-20-8-3-2-4-9-20/h2-16H,1H3,(H,25,26,28). The van der Waals surface area contributed by atoms with E-state index in [0.717, 1.165) is 33.9 Å². The van der Waals surface area contributed by atoms with Gasteiger partial charge in [-0.15, -0.1) is 0 Å². The molecule has 0 saturated heterocycles. The van der Waals surface area contributed by atoms with Gasteiger partial charge in [-0.1, -0.05) is 30.3 Å². The molecular formula is C24H19N5O. The second-order valence-electron chi connectivity index (χ2n) is 6.92. The number of hydrogen-bond acceptors (Lipinski definition) is 5. The number of benzene rings is 3. The van der Waals surface area contributed by atoms with Crippen molar-refractivity contribution in [2.75, 3.05) is 5.32 Å². The Hall–Kier alpha value is -4.19. The molecular weight excluding hydrogens is 374 g/mol. The lowest BCUT2D eigenvalue weighted by molar-refractivity contribution is 0.483. The van der Waals surface area contributed by atoms with Crippen molar-refractivity contribution in [3.05, 3.63) is 97.0 Å². The summed E-state index contributed by atoms with van der Waals surface area (Å²) in [5.74, 6) is 2.28. The van der Waals surface area contributed by atoms with Crippen molar-refractivity contribution in [1.29, 1.82) is 0 Å². The number of ether oxygens (including phenoxy) is 1. The molecule has 1 N–H and O–H groups in total. The highest BCUT2D eigenvalue weighted by atomic mass is 16.5. The molecule has 0 bridgehead atoms. The molecule has 0 fully saturated rings. The number of aryl methyl sites for hydroxylation is 1. The lowest BCUT2D eigenvalue weighted by atomic mass is 10.2. The van der Waals surface area contributed by atoms with Gasteiger partial charge in [-0.3, -0.25) is 0 Å². The molecule has 6 nitrogen and oxygen atoms in total. The number of rotatable bonds is 5. The highest BCUT2D eigenvalue weighted by Gasteiger charge is 2.11. The lowest BCUT2D eigenvalue weighted by Gasteiger charge is -2.09. The van der Waals surface area contributed by atoms with Crippen LogP contribution in [-0.4, -0.2) is 19.7 Å². The average Bonchev–Trinajstić information content (AvgIpc) is 3.21. The average molecular weight is 393 g/mol. The Morgan fingerprint density at radius 2 is 1.63 bits per heavy atom. The van der Waals surface area contributed by atoms with Crippen LogP contribution in [0.5, 0.6) is 11.5 Å². The van der Waals surface area contributed by atoms with Crippen molar-refractivity contribution in [3.63, 3.8) is 0 Å². The first-order chi connectivity index (χ1) is 14.8. The molecule has 5 rings (SSSR count). The van der Waals surface area contributed by atoms with Crippen molar-refractivity contribution in [2.24, 2.45) is 0 Å². The largest absolute Gasteiger partial charge is 0.457 e. The Morgan fingerprint density at radius 3 is 2.43 bits per heavy atom. The fourth-order valence-corrected chi connectivity index (χ4v) is 3.26.